The van der Waals surface area contributed by atoms with Gasteiger partial charge in [-0.25, -0.2) is 16.8 Å². The van der Waals surface area contributed by atoms with Crippen molar-refractivity contribution in [2.75, 3.05) is 65.6 Å². The molecule has 0 rings (SSSR count). The molecule has 0 saturated heterocycles. The maximum Gasteiger partial charge on any atom is 0.217 e. The number of hydrogen-bond acceptors (Lipinski definition) is 8. The molecular weight excluding hydrogens is 580 g/mol. The summed E-state index contributed by atoms with van der Waals surface area (Å²) in [6.45, 7) is 28.1. The van der Waals surface area contributed by atoms with Gasteiger partial charge in [-0.1, -0.05) is 53.4 Å². The quantitative estimate of drug-likeness (QED) is 0.0482. The predicted octanol–water partition coefficient (Wildman–Crippen LogP) is 6.39. The van der Waals surface area contributed by atoms with E-state index in [-0.39, 0.29) is 13.2 Å². The Hall–Kier alpha value is -0.340. The third-order valence-corrected chi connectivity index (χ3v) is 8.87. The van der Waals surface area contributed by atoms with Crippen LogP contribution >= 0.6 is 0 Å². The Morgan fingerprint density at radius 1 is 0.429 bits per heavy atom. The third kappa shape index (κ3) is 29.7. The minimum atomic E-state index is -4.42. The van der Waals surface area contributed by atoms with Gasteiger partial charge in [0.1, 0.15) is 0 Å². The molecule has 0 atom stereocenters. The molecular formula is C30H68N2O8S2. The highest BCUT2D eigenvalue weighted by Crippen LogP contribution is 2.18. The van der Waals surface area contributed by atoms with Gasteiger partial charge in [-0.15, -0.1) is 0 Å². The summed E-state index contributed by atoms with van der Waals surface area (Å²) >= 11 is 0. The number of nitrogens with zero attached hydrogens (tertiary/aromatic N) is 2. The standard InChI is InChI=1S/C26H58N2.2C2H6O4S/c1-7-13-21-27(11-5,22-14-8-2)25-19-17-18-20-26-28(12-6,23-15-9-3)24-16-10-4;2*1-2-6-7(3,4)5/h7-26H2,1-6H3;2*2H2,1H3,(H,3,4,5)/q+2;;/p-2. The van der Waals surface area contributed by atoms with E-state index < -0.39 is 20.8 Å². The molecule has 0 aliphatic carbocycles. The summed E-state index contributed by atoms with van der Waals surface area (Å²) in [6, 6.07) is 0. The van der Waals surface area contributed by atoms with Crippen LogP contribution in [0.2, 0.25) is 0 Å². The average Bonchev–Trinajstić information content (AvgIpc) is 2.92. The maximum absolute atomic E-state index is 9.45. The monoisotopic (exact) mass is 648 g/mol. The van der Waals surface area contributed by atoms with E-state index in [1.807, 2.05) is 0 Å². The van der Waals surface area contributed by atoms with Gasteiger partial charge in [-0.2, -0.15) is 0 Å². The fourth-order valence-corrected chi connectivity index (χ4v) is 5.71. The summed E-state index contributed by atoms with van der Waals surface area (Å²) in [4.78, 5) is 0. The number of unbranched alkanes of at least 4 members (excludes halogenated alkanes) is 7. The van der Waals surface area contributed by atoms with Crippen molar-refractivity contribution < 1.29 is 43.3 Å². The van der Waals surface area contributed by atoms with Gasteiger partial charge in [-0.05, 0) is 79.1 Å². The van der Waals surface area contributed by atoms with Crippen molar-refractivity contribution in [1.29, 1.82) is 0 Å². The zero-order chi connectivity index (χ0) is 33.0. The van der Waals surface area contributed by atoms with Crippen molar-refractivity contribution in [2.24, 2.45) is 0 Å². The lowest BCUT2D eigenvalue weighted by molar-refractivity contribution is -0.927. The second-order valence-corrected chi connectivity index (χ2v) is 13.2. The predicted molar refractivity (Wildman–Crippen MR) is 172 cm³/mol. The van der Waals surface area contributed by atoms with Crippen LogP contribution in [0, 0.1) is 0 Å². The molecule has 0 spiro atoms. The van der Waals surface area contributed by atoms with Crippen molar-refractivity contribution in [3.63, 3.8) is 0 Å². The molecule has 0 aromatic rings. The van der Waals surface area contributed by atoms with E-state index >= 15 is 0 Å². The van der Waals surface area contributed by atoms with Crippen LogP contribution in [0.5, 0.6) is 0 Å². The highest BCUT2D eigenvalue weighted by Gasteiger charge is 2.25. The first-order valence-corrected chi connectivity index (χ1v) is 19.3. The fraction of sp³-hybridized carbons (Fsp3) is 1.00. The Morgan fingerprint density at radius 3 is 0.810 bits per heavy atom. The molecule has 0 aliphatic rings. The molecule has 0 aromatic heterocycles. The molecule has 0 heterocycles. The molecule has 0 radical (unpaired) electrons. The van der Waals surface area contributed by atoms with Crippen molar-refractivity contribution in [2.45, 2.75) is 132 Å². The van der Waals surface area contributed by atoms with E-state index in [4.69, 9.17) is 0 Å². The Morgan fingerprint density at radius 2 is 0.667 bits per heavy atom. The van der Waals surface area contributed by atoms with Crippen molar-refractivity contribution in [1.82, 2.24) is 0 Å². The van der Waals surface area contributed by atoms with Crippen LogP contribution in [0.4, 0.5) is 0 Å². The summed E-state index contributed by atoms with van der Waals surface area (Å²) in [7, 11) is -8.85. The molecule has 10 nitrogen and oxygen atoms in total. The highest BCUT2D eigenvalue weighted by atomic mass is 32.3. The summed E-state index contributed by atoms with van der Waals surface area (Å²) in [5.74, 6) is 0. The van der Waals surface area contributed by atoms with Gasteiger partial charge in [0.15, 0.2) is 0 Å². The lowest BCUT2D eigenvalue weighted by Gasteiger charge is -2.39. The minimum Gasteiger partial charge on any atom is -0.726 e. The molecule has 0 fully saturated rings. The lowest BCUT2D eigenvalue weighted by Crippen LogP contribution is -2.50. The van der Waals surface area contributed by atoms with E-state index in [1.54, 1.807) is 0 Å². The van der Waals surface area contributed by atoms with Gasteiger partial charge < -0.3 is 18.1 Å². The molecule has 0 aromatic carbocycles. The first-order chi connectivity index (χ1) is 19.7. The number of rotatable bonds is 25. The van der Waals surface area contributed by atoms with Crippen LogP contribution in [0.3, 0.4) is 0 Å². The lowest BCUT2D eigenvalue weighted by atomic mass is 10.1. The van der Waals surface area contributed by atoms with Crippen LogP contribution in [0.25, 0.3) is 0 Å². The SMILES string of the molecule is CCCC[N+](CC)(CCCC)CCCCCC[N+](CC)(CCCC)CCCC.CCOS(=O)(=O)[O-].CCOS(=O)(=O)[O-]. The minimum absolute atomic E-state index is 0.0914. The number of quaternary nitrogens is 2. The summed E-state index contributed by atoms with van der Waals surface area (Å²) in [5.41, 5.74) is 0. The van der Waals surface area contributed by atoms with E-state index in [0.717, 1.165) is 0 Å². The van der Waals surface area contributed by atoms with Crippen LogP contribution in [0.1, 0.15) is 132 Å². The Balaban J connectivity index is -0.000000886. The van der Waals surface area contributed by atoms with Crippen molar-refractivity contribution in [3.05, 3.63) is 0 Å². The molecule has 0 bridgehead atoms. The molecule has 0 saturated carbocycles. The van der Waals surface area contributed by atoms with E-state index in [1.165, 1.54) is 152 Å². The highest BCUT2D eigenvalue weighted by molar-refractivity contribution is 7.81. The van der Waals surface area contributed by atoms with Crippen LogP contribution in [-0.4, -0.2) is 100 Å². The van der Waals surface area contributed by atoms with Gasteiger partial charge in [0.25, 0.3) is 0 Å². The Labute approximate surface area is 261 Å². The second-order valence-electron chi connectivity index (χ2n) is 11.1. The average molecular weight is 649 g/mol. The second kappa shape index (κ2) is 28.2. The van der Waals surface area contributed by atoms with Crippen molar-refractivity contribution in [3.8, 4) is 0 Å². The topological polar surface area (TPSA) is 133 Å². The van der Waals surface area contributed by atoms with Crippen LogP contribution < -0.4 is 0 Å². The molecule has 12 heteroatoms. The van der Waals surface area contributed by atoms with Gasteiger partial charge in [-0.3, -0.25) is 8.37 Å². The molecule has 258 valence electrons. The molecule has 0 amide bonds. The largest absolute Gasteiger partial charge is 0.726 e. The van der Waals surface area contributed by atoms with Gasteiger partial charge in [0.05, 0.1) is 65.6 Å². The Kier molecular flexibility index (Phi) is 30.9. The zero-order valence-electron chi connectivity index (χ0n) is 28.5. The third-order valence-electron chi connectivity index (χ3n) is 7.82. The van der Waals surface area contributed by atoms with E-state index in [2.05, 4.69) is 49.9 Å². The van der Waals surface area contributed by atoms with Gasteiger partial charge >= 0.3 is 0 Å². The van der Waals surface area contributed by atoms with E-state index in [0.29, 0.717) is 0 Å². The first-order valence-electron chi connectivity index (χ1n) is 16.6. The smallest absolute Gasteiger partial charge is 0.217 e. The normalized spacial score (nSPS) is 12.3. The molecule has 0 unspecified atom stereocenters. The maximum atomic E-state index is 9.45. The first kappa shape index (κ1) is 46.1. The zero-order valence-corrected chi connectivity index (χ0v) is 30.2. The van der Waals surface area contributed by atoms with Crippen LogP contribution in [0.15, 0.2) is 0 Å². The van der Waals surface area contributed by atoms with Gasteiger partial charge in [0, 0.05) is 0 Å². The summed E-state index contributed by atoms with van der Waals surface area (Å²) in [6.07, 6.45) is 16.8. The fourth-order valence-electron chi connectivity index (χ4n) is 5.13. The molecule has 0 N–H and O–H groups in total. The van der Waals surface area contributed by atoms with Gasteiger partial charge in [0.2, 0.25) is 20.8 Å². The molecule has 42 heavy (non-hydrogen) atoms. The summed E-state index contributed by atoms with van der Waals surface area (Å²) in [5, 5.41) is 0. The van der Waals surface area contributed by atoms with Crippen molar-refractivity contribution >= 4 is 20.8 Å². The Bertz CT molecular complexity index is 711. The number of hydrogen-bond donors (Lipinski definition) is 0. The van der Waals surface area contributed by atoms with E-state index in [9.17, 15) is 25.9 Å². The molecule has 0 aliphatic heterocycles. The van der Waals surface area contributed by atoms with Crippen LogP contribution in [-0.2, 0) is 29.2 Å². The summed E-state index contributed by atoms with van der Waals surface area (Å²) < 4.78 is 66.8.